The third kappa shape index (κ3) is 2.80. The van der Waals surface area contributed by atoms with E-state index in [1.807, 2.05) is 6.07 Å². The van der Waals surface area contributed by atoms with Gasteiger partial charge in [0.2, 0.25) is 5.91 Å². The predicted octanol–water partition coefficient (Wildman–Crippen LogP) is 0.629. The molecule has 1 heterocycles. The van der Waals surface area contributed by atoms with Crippen LogP contribution in [0.4, 0.5) is 4.39 Å². The number of carbonyl (C=O) groups is 1. The second kappa shape index (κ2) is 4.93. The first kappa shape index (κ1) is 11.6. The van der Waals surface area contributed by atoms with Gasteiger partial charge in [0.05, 0.1) is 18.2 Å². The Hall–Kier alpha value is -1.93. The highest BCUT2D eigenvalue weighted by molar-refractivity contribution is 5.79. The van der Waals surface area contributed by atoms with Crippen molar-refractivity contribution in [3.05, 3.63) is 35.1 Å². The van der Waals surface area contributed by atoms with Crippen molar-refractivity contribution in [3.8, 4) is 6.07 Å². The van der Waals surface area contributed by atoms with Crippen molar-refractivity contribution in [2.45, 2.75) is 6.54 Å². The quantitative estimate of drug-likeness (QED) is 0.815. The maximum atomic E-state index is 13.2. The van der Waals surface area contributed by atoms with Crippen LogP contribution in [-0.4, -0.2) is 30.4 Å². The summed E-state index contributed by atoms with van der Waals surface area (Å²) in [5.74, 6) is -0.444. The minimum Gasteiger partial charge on any atom is -0.336 e. The predicted molar refractivity (Wildman–Crippen MR) is 59.4 cm³/mol. The summed E-state index contributed by atoms with van der Waals surface area (Å²) in [7, 11) is 0. The van der Waals surface area contributed by atoms with Crippen molar-refractivity contribution < 1.29 is 9.18 Å². The number of piperazine rings is 1. The molecule has 0 atom stereocenters. The Kier molecular flexibility index (Phi) is 3.35. The molecule has 0 spiro atoms. The monoisotopic (exact) mass is 233 g/mol. The largest absolute Gasteiger partial charge is 0.336 e. The minimum atomic E-state index is -0.443. The second-order valence-electron chi connectivity index (χ2n) is 3.95. The summed E-state index contributed by atoms with van der Waals surface area (Å²) in [6.07, 6.45) is 0. The molecule has 0 saturated carbocycles. The molecule has 1 saturated heterocycles. The Balaban J connectivity index is 2.15. The third-order valence-electron chi connectivity index (χ3n) is 2.65. The summed E-state index contributed by atoms with van der Waals surface area (Å²) in [5.41, 5.74) is 0.930. The second-order valence-corrected chi connectivity index (χ2v) is 3.95. The van der Waals surface area contributed by atoms with E-state index in [-0.39, 0.29) is 11.5 Å². The molecular formula is C12H12FN3O. The van der Waals surface area contributed by atoms with Crippen LogP contribution in [0.2, 0.25) is 0 Å². The van der Waals surface area contributed by atoms with Crippen molar-refractivity contribution in [2.24, 2.45) is 0 Å². The van der Waals surface area contributed by atoms with E-state index >= 15 is 0 Å². The van der Waals surface area contributed by atoms with Crippen molar-refractivity contribution in [3.63, 3.8) is 0 Å². The first-order valence-corrected chi connectivity index (χ1v) is 5.37. The van der Waals surface area contributed by atoms with Crippen LogP contribution in [0.25, 0.3) is 0 Å². The molecule has 0 radical (unpaired) electrons. The van der Waals surface area contributed by atoms with Gasteiger partial charge < -0.3 is 10.2 Å². The van der Waals surface area contributed by atoms with Gasteiger partial charge in [-0.2, -0.15) is 5.26 Å². The molecule has 1 aromatic carbocycles. The maximum Gasteiger partial charge on any atom is 0.236 e. The molecule has 0 aromatic heterocycles. The lowest BCUT2D eigenvalue weighted by Gasteiger charge is -2.27. The number of benzene rings is 1. The number of nitrogens with one attached hydrogen (secondary N) is 1. The number of amides is 1. The maximum absolute atomic E-state index is 13.2. The first-order valence-electron chi connectivity index (χ1n) is 5.37. The van der Waals surface area contributed by atoms with Crippen molar-refractivity contribution in [1.29, 1.82) is 5.26 Å². The fourth-order valence-electron chi connectivity index (χ4n) is 1.84. The fraction of sp³-hybridized carbons (Fsp3) is 0.333. The SMILES string of the molecule is N#Cc1cc(F)cc(CN2CCNCC2=O)c1. The summed E-state index contributed by atoms with van der Waals surface area (Å²) in [6.45, 7) is 2.02. The van der Waals surface area contributed by atoms with Gasteiger partial charge in [-0.15, -0.1) is 0 Å². The highest BCUT2D eigenvalue weighted by Gasteiger charge is 2.17. The van der Waals surface area contributed by atoms with Crippen molar-refractivity contribution in [1.82, 2.24) is 10.2 Å². The molecule has 0 aliphatic carbocycles. The summed E-state index contributed by atoms with van der Waals surface area (Å²) < 4.78 is 13.2. The molecule has 0 bridgehead atoms. The summed E-state index contributed by atoms with van der Waals surface area (Å²) in [5, 5.41) is 11.7. The normalized spacial score (nSPS) is 15.8. The molecule has 1 aromatic rings. The van der Waals surface area contributed by atoms with Gasteiger partial charge in [-0.25, -0.2) is 4.39 Å². The molecule has 1 aliphatic rings. The molecule has 17 heavy (non-hydrogen) atoms. The van der Waals surface area contributed by atoms with Gasteiger partial charge in [0.15, 0.2) is 0 Å². The lowest BCUT2D eigenvalue weighted by molar-refractivity contribution is -0.132. The Morgan fingerprint density at radius 1 is 1.47 bits per heavy atom. The van der Waals surface area contributed by atoms with Crippen LogP contribution in [0.5, 0.6) is 0 Å². The van der Waals surface area contributed by atoms with Crippen molar-refractivity contribution >= 4 is 5.91 Å². The number of nitrogens with zero attached hydrogens (tertiary/aromatic N) is 2. The lowest BCUT2D eigenvalue weighted by atomic mass is 10.1. The van der Waals surface area contributed by atoms with E-state index in [2.05, 4.69) is 5.32 Å². The van der Waals surface area contributed by atoms with E-state index in [0.29, 0.717) is 25.2 Å². The molecule has 0 unspecified atom stereocenters. The van der Waals surface area contributed by atoms with Gasteiger partial charge in [0.25, 0.3) is 0 Å². The number of carbonyl (C=O) groups excluding carboxylic acids is 1. The standard InChI is InChI=1S/C12H12FN3O/c13-11-4-9(6-14)3-10(5-11)8-16-2-1-15-7-12(16)17/h3-5,15H,1-2,7-8H2. The summed E-state index contributed by atoms with van der Waals surface area (Å²) in [6, 6.07) is 6.05. The zero-order valence-electron chi connectivity index (χ0n) is 9.24. The highest BCUT2D eigenvalue weighted by Crippen LogP contribution is 2.11. The zero-order valence-corrected chi connectivity index (χ0v) is 9.24. The molecule has 5 heteroatoms. The van der Waals surface area contributed by atoms with Crippen LogP contribution >= 0.6 is 0 Å². The molecule has 88 valence electrons. The Labute approximate surface area is 98.6 Å². The van der Waals surface area contributed by atoms with Gasteiger partial charge in [0, 0.05) is 19.6 Å². The van der Waals surface area contributed by atoms with Crippen molar-refractivity contribution in [2.75, 3.05) is 19.6 Å². The highest BCUT2D eigenvalue weighted by atomic mass is 19.1. The van der Waals surface area contributed by atoms with Gasteiger partial charge in [-0.05, 0) is 23.8 Å². The first-order chi connectivity index (χ1) is 8.19. The summed E-state index contributed by atoms with van der Waals surface area (Å²) in [4.78, 5) is 13.2. The van der Waals surface area contributed by atoms with E-state index < -0.39 is 5.82 Å². The molecule has 1 aliphatic heterocycles. The molecular weight excluding hydrogens is 221 g/mol. The average Bonchev–Trinajstić information content (AvgIpc) is 2.31. The summed E-state index contributed by atoms with van der Waals surface area (Å²) >= 11 is 0. The van der Waals surface area contributed by atoms with E-state index in [9.17, 15) is 9.18 Å². The van der Waals surface area contributed by atoms with Crippen LogP contribution in [0.1, 0.15) is 11.1 Å². The van der Waals surface area contributed by atoms with Gasteiger partial charge >= 0.3 is 0 Å². The topological polar surface area (TPSA) is 56.1 Å². The number of hydrogen-bond donors (Lipinski definition) is 1. The third-order valence-corrected chi connectivity index (χ3v) is 2.65. The molecule has 2 rings (SSSR count). The lowest BCUT2D eigenvalue weighted by Crippen LogP contribution is -2.47. The number of halogens is 1. The van der Waals surface area contributed by atoms with Gasteiger partial charge in [0.1, 0.15) is 5.82 Å². The van der Waals surface area contributed by atoms with Gasteiger partial charge in [-0.3, -0.25) is 4.79 Å². The minimum absolute atomic E-state index is 0.000908. The Morgan fingerprint density at radius 3 is 3.00 bits per heavy atom. The fourth-order valence-corrected chi connectivity index (χ4v) is 1.84. The number of rotatable bonds is 2. The Bertz CT molecular complexity index is 481. The van der Waals surface area contributed by atoms with Crippen LogP contribution in [0.3, 0.4) is 0 Å². The van der Waals surface area contributed by atoms with E-state index in [1.165, 1.54) is 12.1 Å². The van der Waals surface area contributed by atoms with E-state index in [4.69, 9.17) is 5.26 Å². The number of hydrogen-bond acceptors (Lipinski definition) is 3. The number of nitriles is 1. The molecule has 1 amide bonds. The van der Waals surface area contributed by atoms with Crippen LogP contribution < -0.4 is 5.32 Å². The van der Waals surface area contributed by atoms with Gasteiger partial charge in [-0.1, -0.05) is 0 Å². The van der Waals surface area contributed by atoms with E-state index in [0.717, 1.165) is 6.54 Å². The molecule has 1 N–H and O–H groups in total. The van der Waals surface area contributed by atoms with Crippen LogP contribution in [0, 0.1) is 17.1 Å². The zero-order chi connectivity index (χ0) is 12.3. The Morgan fingerprint density at radius 2 is 2.29 bits per heavy atom. The van der Waals surface area contributed by atoms with Crippen LogP contribution in [-0.2, 0) is 11.3 Å². The smallest absolute Gasteiger partial charge is 0.236 e. The average molecular weight is 233 g/mol. The molecule has 4 nitrogen and oxygen atoms in total. The van der Waals surface area contributed by atoms with Crippen LogP contribution in [0.15, 0.2) is 18.2 Å². The molecule has 1 fully saturated rings. The van der Waals surface area contributed by atoms with E-state index in [1.54, 1.807) is 11.0 Å².